The molecule has 0 N–H and O–H groups in total. The Kier molecular flexibility index (Phi) is 8.79. The molecule has 3 rings (SSSR count). The van der Waals surface area contributed by atoms with E-state index in [4.69, 9.17) is 10.00 Å². The molecular weight excluding hydrogens is 454 g/mol. The van der Waals surface area contributed by atoms with E-state index in [1.807, 2.05) is 12.1 Å². The van der Waals surface area contributed by atoms with E-state index in [0.29, 0.717) is 18.8 Å². The Morgan fingerprint density at radius 1 is 1.03 bits per heavy atom. The van der Waals surface area contributed by atoms with Crippen molar-refractivity contribution in [2.24, 2.45) is 0 Å². The van der Waals surface area contributed by atoms with Crippen molar-refractivity contribution >= 4 is 27.6 Å². The Balaban J connectivity index is 1.68. The first-order chi connectivity index (χ1) is 16.3. The van der Waals surface area contributed by atoms with E-state index in [1.165, 1.54) is 40.4 Å². The van der Waals surface area contributed by atoms with Crippen molar-refractivity contribution in [1.29, 1.82) is 5.26 Å². The van der Waals surface area contributed by atoms with Crippen LogP contribution < -0.4 is 4.90 Å². The average Bonchev–Trinajstić information content (AvgIpc) is 3.15. The monoisotopic (exact) mass is 483 g/mol. The van der Waals surface area contributed by atoms with Gasteiger partial charge < -0.3 is 9.64 Å². The third kappa shape index (κ3) is 6.22. The minimum atomic E-state index is -3.62. The number of anilines is 1. The fraction of sp³-hybridized carbons (Fsp3) is 0.400. The highest BCUT2D eigenvalue weighted by Gasteiger charge is 2.27. The Morgan fingerprint density at radius 3 is 2.24 bits per heavy atom. The van der Waals surface area contributed by atoms with Gasteiger partial charge in [-0.3, -0.25) is 4.79 Å². The van der Waals surface area contributed by atoms with Gasteiger partial charge in [-0.15, -0.1) is 0 Å². The topological polar surface area (TPSA) is 108 Å². The molecule has 0 spiro atoms. The van der Waals surface area contributed by atoms with Crippen LogP contribution >= 0.6 is 0 Å². The number of hydrogen-bond acceptors (Lipinski definition) is 6. The zero-order valence-electron chi connectivity index (χ0n) is 19.2. The lowest BCUT2D eigenvalue weighted by atomic mass is 10.2. The van der Waals surface area contributed by atoms with Crippen LogP contribution in [0.25, 0.3) is 0 Å². The summed E-state index contributed by atoms with van der Waals surface area (Å²) in [5, 5.41) is 8.93. The number of nitriles is 1. The van der Waals surface area contributed by atoms with E-state index in [0.717, 1.165) is 25.7 Å². The third-order valence-corrected chi connectivity index (χ3v) is 7.62. The molecule has 1 heterocycles. The maximum Gasteiger partial charge on any atom is 0.338 e. The van der Waals surface area contributed by atoms with Gasteiger partial charge in [-0.2, -0.15) is 9.57 Å². The zero-order valence-corrected chi connectivity index (χ0v) is 20.0. The van der Waals surface area contributed by atoms with Crippen LogP contribution in [-0.4, -0.2) is 50.3 Å². The molecule has 8 nitrogen and oxygen atoms in total. The molecule has 0 aliphatic carbocycles. The predicted molar refractivity (Wildman–Crippen MR) is 128 cm³/mol. The molecule has 34 heavy (non-hydrogen) atoms. The lowest BCUT2D eigenvalue weighted by Crippen LogP contribution is -2.40. The summed E-state index contributed by atoms with van der Waals surface area (Å²) in [6.07, 6.45) is 2.76. The second-order valence-corrected chi connectivity index (χ2v) is 10.1. The van der Waals surface area contributed by atoms with Gasteiger partial charge in [0.2, 0.25) is 10.0 Å². The number of ether oxygens (including phenoxy) is 1. The fourth-order valence-electron chi connectivity index (χ4n) is 3.83. The van der Waals surface area contributed by atoms with Crippen molar-refractivity contribution in [2.75, 3.05) is 24.5 Å². The molecular formula is C25H29N3O5S. The molecule has 0 radical (unpaired) electrons. The minimum Gasteiger partial charge on any atom is -0.449 e. The van der Waals surface area contributed by atoms with Crippen LogP contribution in [0.5, 0.6) is 0 Å². The summed E-state index contributed by atoms with van der Waals surface area (Å²) in [5.74, 6) is -1.18. The molecule has 1 aliphatic heterocycles. The van der Waals surface area contributed by atoms with Crippen molar-refractivity contribution in [3.05, 3.63) is 60.2 Å². The van der Waals surface area contributed by atoms with Gasteiger partial charge in [0, 0.05) is 25.3 Å². The van der Waals surface area contributed by atoms with E-state index in [9.17, 15) is 18.0 Å². The number of amides is 1. The van der Waals surface area contributed by atoms with Crippen LogP contribution in [0.4, 0.5) is 5.69 Å². The SMILES string of the molecule is CC(OC(=O)c1ccc(S(=O)(=O)N2CCCCCC2)cc1)C(=O)N(CCC#N)c1ccccc1. The van der Waals surface area contributed by atoms with Gasteiger partial charge in [0.15, 0.2) is 6.10 Å². The molecule has 1 atom stereocenters. The molecule has 9 heteroatoms. The maximum atomic E-state index is 13.0. The molecule has 0 saturated carbocycles. The van der Waals surface area contributed by atoms with E-state index < -0.39 is 28.0 Å². The van der Waals surface area contributed by atoms with Crippen molar-refractivity contribution in [3.8, 4) is 6.07 Å². The van der Waals surface area contributed by atoms with Crippen LogP contribution in [0.1, 0.15) is 49.4 Å². The highest BCUT2D eigenvalue weighted by molar-refractivity contribution is 7.89. The molecule has 0 aromatic heterocycles. The van der Waals surface area contributed by atoms with Crippen molar-refractivity contribution < 1.29 is 22.7 Å². The number of benzene rings is 2. The average molecular weight is 484 g/mol. The Hall–Kier alpha value is -3.22. The first-order valence-corrected chi connectivity index (χ1v) is 12.8. The number of esters is 1. The van der Waals surface area contributed by atoms with Gasteiger partial charge in [0.25, 0.3) is 5.91 Å². The van der Waals surface area contributed by atoms with Gasteiger partial charge in [-0.25, -0.2) is 13.2 Å². The number of para-hydroxylation sites is 1. The summed E-state index contributed by atoms with van der Waals surface area (Å²) in [7, 11) is -3.62. The molecule has 0 bridgehead atoms. The van der Waals surface area contributed by atoms with Gasteiger partial charge in [-0.1, -0.05) is 31.0 Å². The van der Waals surface area contributed by atoms with Crippen LogP contribution in [0, 0.1) is 11.3 Å². The zero-order chi connectivity index (χ0) is 24.6. The second-order valence-electron chi connectivity index (χ2n) is 8.12. The smallest absolute Gasteiger partial charge is 0.338 e. The number of rotatable bonds is 8. The quantitative estimate of drug-likeness (QED) is 0.529. The van der Waals surface area contributed by atoms with Crippen LogP contribution in [0.15, 0.2) is 59.5 Å². The summed E-state index contributed by atoms with van der Waals surface area (Å²) in [6, 6.07) is 16.5. The molecule has 180 valence electrons. The molecule has 1 fully saturated rings. The van der Waals surface area contributed by atoms with Gasteiger partial charge in [0.1, 0.15) is 0 Å². The maximum absolute atomic E-state index is 13.0. The van der Waals surface area contributed by atoms with Crippen molar-refractivity contribution in [3.63, 3.8) is 0 Å². The van der Waals surface area contributed by atoms with Crippen molar-refractivity contribution in [2.45, 2.75) is 50.0 Å². The number of carbonyl (C=O) groups is 2. The van der Waals surface area contributed by atoms with E-state index >= 15 is 0 Å². The minimum absolute atomic E-state index is 0.127. The number of carbonyl (C=O) groups excluding carboxylic acids is 2. The molecule has 1 saturated heterocycles. The third-order valence-electron chi connectivity index (χ3n) is 5.71. The summed E-state index contributed by atoms with van der Waals surface area (Å²) >= 11 is 0. The van der Waals surface area contributed by atoms with Gasteiger partial charge in [-0.05, 0) is 56.2 Å². The largest absolute Gasteiger partial charge is 0.449 e. The van der Waals surface area contributed by atoms with Crippen LogP contribution in [-0.2, 0) is 19.6 Å². The van der Waals surface area contributed by atoms with E-state index in [2.05, 4.69) is 0 Å². The highest BCUT2D eigenvalue weighted by atomic mass is 32.2. The van der Waals surface area contributed by atoms with Gasteiger partial charge in [0.05, 0.1) is 22.9 Å². The molecule has 2 aromatic carbocycles. The van der Waals surface area contributed by atoms with Crippen LogP contribution in [0.3, 0.4) is 0 Å². The molecule has 1 amide bonds. The first-order valence-electron chi connectivity index (χ1n) is 11.4. The first kappa shape index (κ1) is 25.4. The molecule has 1 aliphatic rings. The highest BCUT2D eigenvalue weighted by Crippen LogP contribution is 2.21. The molecule has 2 aromatic rings. The van der Waals surface area contributed by atoms with Crippen molar-refractivity contribution in [1.82, 2.24) is 4.31 Å². The Labute approximate surface area is 200 Å². The standard InChI is InChI=1S/C25H29N3O5S/c1-20(24(29)28(19-9-16-26)22-10-5-4-6-11-22)33-25(30)21-12-14-23(15-13-21)34(31,32)27-17-7-2-3-8-18-27/h4-6,10-15,20H,2-3,7-9,17-19H2,1H3. The van der Waals surface area contributed by atoms with Gasteiger partial charge >= 0.3 is 5.97 Å². The lowest BCUT2D eigenvalue weighted by molar-refractivity contribution is -0.126. The summed E-state index contributed by atoms with van der Waals surface area (Å²) in [6.45, 7) is 2.63. The number of nitrogens with zero attached hydrogens (tertiary/aromatic N) is 3. The summed E-state index contributed by atoms with van der Waals surface area (Å²) in [4.78, 5) is 27.1. The van der Waals surface area contributed by atoms with E-state index in [-0.39, 0.29) is 23.4 Å². The summed E-state index contributed by atoms with van der Waals surface area (Å²) < 4.78 is 32.7. The predicted octanol–water partition coefficient (Wildman–Crippen LogP) is 3.74. The van der Waals surface area contributed by atoms with Crippen LogP contribution in [0.2, 0.25) is 0 Å². The number of sulfonamides is 1. The fourth-order valence-corrected chi connectivity index (χ4v) is 5.35. The Morgan fingerprint density at radius 2 is 1.65 bits per heavy atom. The second kappa shape index (κ2) is 11.8. The molecule has 1 unspecified atom stereocenters. The number of hydrogen-bond donors (Lipinski definition) is 0. The van der Waals surface area contributed by atoms with E-state index in [1.54, 1.807) is 24.3 Å². The lowest BCUT2D eigenvalue weighted by Gasteiger charge is -2.25. The normalized spacial score (nSPS) is 15.5. The Bertz CT molecular complexity index is 1120. The summed E-state index contributed by atoms with van der Waals surface area (Å²) in [5.41, 5.74) is 0.756.